The summed E-state index contributed by atoms with van der Waals surface area (Å²) in [7, 11) is 0. The molecule has 2 heterocycles. The summed E-state index contributed by atoms with van der Waals surface area (Å²) in [6.45, 7) is 3.78. The normalized spacial score (nSPS) is 15.8. The molecule has 0 fully saturated rings. The summed E-state index contributed by atoms with van der Waals surface area (Å²) in [6, 6.07) is 23.3. The first-order valence-electron chi connectivity index (χ1n) is 11.0. The first-order valence-corrected chi connectivity index (χ1v) is 11.8. The molecule has 1 unspecified atom stereocenters. The highest BCUT2D eigenvalue weighted by Gasteiger charge is 2.34. The monoisotopic (exact) mass is 461 g/mol. The van der Waals surface area contributed by atoms with Crippen molar-refractivity contribution in [3.8, 4) is 0 Å². The molecule has 0 radical (unpaired) electrons. The molecule has 3 aromatic rings. The average Bonchev–Trinajstić information content (AvgIpc) is 3.35. The van der Waals surface area contributed by atoms with Crippen LogP contribution in [0.1, 0.15) is 29.0 Å². The Morgan fingerprint density at radius 3 is 2.12 bits per heavy atom. The first-order chi connectivity index (χ1) is 16.1. The molecule has 1 atom stereocenters. The van der Waals surface area contributed by atoms with Gasteiger partial charge < -0.3 is 15.4 Å². The van der Waals surface area contributed by atoms with E-state index in [9.17, 15) is 9.59 Å². The van der Waals surface area contributed by atoms with Crippen LogP contribution >= 0.6 is 11.3 Å². The van der Waals surface area contributed by atoms with E-state index in [2.05, 4.69) is 39.8 Å². The molecule has 0 aliphatic carbocycles. The lowest BCUT2D eigenvalue weighted by Crippen LogP contribution is -2.48. The molecule has 0 saturated carbocycles. The molecule has 4 rings (SSSR count). The van der Waals surface area contributed by atoms with Gasteiger partial charge in [-0.25, -0.2) is 9.59 Å². The van der Waals surface area contributed by atoms with Crippen LogP contribution in [0.25, 0.3) is 0 Å². The summed E-state index contributed by atoms with van der Waals surface area (Å²) in [4.78, 5) is 28.7. The summed E-state index contributed by atoms with van der Waals surface area (Å²) in [5, 5.41) is 7.72. The van der Waals surface area contributed by atoms with Crippen LogP contribution in [0.2, 0.25) is 0 Å². The number of nitrogens with zero attached hydrogens (tertiary/aromatic N) is 1. The smallest absolute Gasteiger partial charge is 0.338 e. The van der Waals surface area contributed by atoms with Crippen LogP contribution in [-0.4, -0.2) is 30.1 Å². The number of benzene rings is 2. The fourth-order valence-electron chi connectivity index (χ4n) is 3.94. The van der Waals surface area contributed by atoms with Crippen LogP contribution in [0.15, 0.2) is 89.4 Å². The zero-order valence-corrected chi connectivity index (χ0v) is 19.3. The SMILES string of the molecule is CCOC(=O)C1=C(CN(Cc2ccccc2)Cc2ccccc2)NC(=O)NC1c1cccs1. The summed E-state index contributed by atoms with van der Waals surface area (Å²) < 4.78 is 5.39. The van der Waals surface area contributed by atoms with E-state index in [1.807, 2.05) is 53.9 Å². The Bertz CT molecular complexity index is 1060. The van der Waals surface area contributed by atoms with Gasteiger partial charge in [-0.05, 0) is 29.5 Å². The summed E-state index contributed by atoms with van der Waals surface area (Å²) in [6.07, 6.45) is 0. The predicted octanol–water partition coefficient (Wildman–Crippen LogP) is 4.62. The molecule has 1 aliphatic heterocycles. The quantitative estimate of drug-likeness (QED) is 0.456. The Morgan fingerprint density at radius 1 is 0.939 bits per heavy atom. The second-order valence-electron chi connectivity index (χ2n) is 7.78. The number of nitrogens with one attached hydrogen (secondary N) is 2. The van der Waals surface area contributed by atoms with Gasteiger partial charge in [0.2, 0.25) is 0 Å². The molecule has 1 aromatic heterocycles. The molecule has 2 aromatic carbocycles. The largest absolute Gasteiger partial charge is 0.463 e. The van der Waals surface area contributed by atoms with E-state index in [0.29, 0.717) is 30.9 Å². The van der Waals surface area contributed by atoms with Crippen molar-refractivity contribution in [3.05, 3.63) is 105 Å². The Labute approximate surface area is 197 Å². The zero-order valence-electron chi connectivity index (χ0n) is 18.5. The summed E-state index contributed by atoms with van der Waals surface area (Å²) in [5.41, 5.74) is 3.33. The van der Waals surface area contributed by atoms with Gasteiger partial charge >= 0.3 is 12.0 Å². The maximum absolute atomic E-state index is 13.0. The Morgan fingerprint density at radius 2 is 1.58 bits per heavy atom. The number of urea groups is 1. The van der Waals surface area contributed by atoms with Gasteiger partial charge in [0.25, 0.3) is 0 Å². The van der Waals surface area contributed by atoms with Crippen molar-refractivity contribution in [3.63, 3.8) is 0 Å². The molecule has 6 nitrogen and oxygen atoms in total. The van der Waals surface area contributed by atoms with Gasteiger partial charge in [-0.15, -0.1) is 11.3 Å². The number of amides is 2. The van der Waals surface area contributed by atoms with Crippen molar-refractivity contribution in [2.45, 2.75) is 26.1 Å². The number of hydrogen-bond acceptors (Lipinski definition) is 5. The number of rotatable bonds is 9. The number of ether oxygens (including phenoxy) is 1. The molecule has 170 valence electrons. The average molecular weight is 462 g/mol. The second kappa shape index (κ2) is 10.9. The zero-order chi connectivity index (χ0) is 23.0. The van der Waals surface area contributed by atoms with Crippen molar-refractivity contribution < 1.29 is 14.3 Å². The van der Waals surface area contributed by atoms with Crippen molar-refractivity contribution in [2.75, 3.05) is 13.2 Å². The van der Waals surface area contributed by atoms with Gasteiger partial charge in [0, 0.05) is 30.2 Å². The Kier molecular flexibility index (Phi) is 7.55. The first kappa shape index (κ1) is 22.8. The van der Waals surface area contributed by atoms with Crippen molar-refractivity contribution in [1.29, 1.82) is 0 Å². The minimum Gasteiger partial charge on any atom is -0.463 e. The van der Waals surface area contributed by atoms with Gasteiger partial charge in [-0.2, -0.15) is 0 Å². The van der Waals surface area contributed by atoms with Gasteiger partial charge in [0.05, 0.1) is 18.2 Å². The van der Waals surface area contributed by atoms with E-state index in [1.54, 1.807) is 6.92 Å². The summed E-state index contributed by atoms with van der Waals surface area (Å²) in [5.74, 6) is -0.419. The third-order valence-corrected chi connectivity index (χ3v) is 6.29. The molecule has 1 aliphatic rings. The Balaban J connectivity index is 1.70. The second-order valence-corrected chi connectivity index (χ2v) is 8.76. The number of thiophene rings is 1. The van der Waals surface area contributed by atoms with E-state index in [4.69, 9.17) is 4.74 Å². The minimum atomic E-state index is -0.539. The summed E-state index contributed by atoms with van der Waals surface area (Å²) >= 11 is 1.50. The van der Waals surface area contributed by atoms with Crippen molar-refractivity contribution in [1.82, 2.24) is 15.5 Å². The number of carbonyl (C=O) groups excluding carboxylic acids is 2. The predicted molar refractivity (Wildman–Crippen MR) is 129 cm³/mol. The molecule has 2 N–H and O–H groups in total. The number of carbonyl (C=O) groups is 2. The highest BCUT2D eigenvalue weighted by atomic mass is 32.1. The van der Waals surface area contributed by atoms with Gasteiger partial charge in [0.15, 0.2) is 0 Å². The Hall–Kier alpha value is -3.42. The molecule has 0 spiro atoms. The third-order valence-electron chi connectivity index (χ3n) is 5.36. The fourth-order valence-corrected chi connectivity index (χ4v) is 4.72. The van der Waals surface area contributed by atoms with Crippen molar-refractivity contribution >= 4 is 23.3 Å². The standard InChI is InChI=1S/C26H27N3O3S/c1-2-32-25(30)23-21(27-26(31)28-24(23)22-14-9-15-33-22)18-29(16-19-10-5-3-6-11-19)17-20-12-7-4-8-13-20/h3-15,24H,2,16-18H2,1H3,(H2,27,28,31). The van der Waals surface area contributed by atoms with Crippen LogP contribution in [0, 0.1) is 0 Å². The van der Waals surface area contributed by atoms with Crippen LogP contribution in [0.4, 0.5) is 4.79 Å². The fraction of sp³-hybridized carbons (Fsp3) is 0.231. The van der Waals surface area contributed by atoms with E-state index in [1.165, 1.54) is 11.3 Å². The minimum absolute atomic E-state index is 0.262. The van der Waals surface area contributed by atoms with Gasteiger partial charge in [0.1, 0.15) is 0 Å². The number of hydrogen-bond donors (Lipinski definition) is 2. The molecular weight excluding hydrogens is 434 g/mol. The van der Waals surface area contributed by atoms with Crippen LogP contribution in [0.3, 0.4) is 0 Å². The van der Waals surface area contributed by atoms with E-state index in [0.717, 1.165) is 16.0 Å². The van der Waals surface area contributed by atoms with Crippen molar-refractivity contribution in [2.24, 2.45) is 0 Å². The number of esters is 1. The van der Waals surface area contributed by atoms with Crippen LogP contribution in [-0.2, 0) is 22.6 Å². The van der Waals surface area contributed by atoms with E-state index in [-0.39, 0.29) is 12.6 Å². The molecular formula is C26H27N3O3S. The molecule has 7 heteroatoms. The lowest BCUT2D eigenvalue weighted by Gasteiger charge is -2.31. The lowest BCUT2D eigenvalue weighted by molar-refractivity contribution is -0.139. The van der Waals surface area contributed by atoms with Gasteiger partial charge in [-0.1, -0.05) is 66.7 Å². The highest BCUT2D eigenvalue weighted by molar-refractivity contribution is 7.10. The van der Waals surface area contributed by atoms with E-state index >= 15 is 0 Å². The molecule has 33 heavy (non-hydrogen) atoms. The maximum atomic E-state index is 13.0. The highest BCUT2D eigenvalue weighted by Crippen LogP contribution is 2.31. The molecule has 2 amide bonds. The van der Waals surface area contributed by atoms with E-state index < -0.39 is 12.0 Å². The maximum Gasteiger partial charge on any atom is 0.338 e. The van der Waals surface area contributed by atoms with Gasteiger partial charge in [-0.3, -0.25) is 4.90 Å². The topological polar surface area (TPSA) is 70.7 Å². The molecule has 0 bridgehead atoms. The lowest BCUT2D eigenvalue weighted by atomic mass is 10.00. The third kappa shape index (κ3) is 5.88. The molecule has 0 saturated heterocycles. The van der Waals surface area contributed by atoms with Crippen LogP contribution in [0.5, 0.6) is 0 Å². The van der Waals surface area contributed by atoms with Crippen LogP contribution < -0.4 is 10.6 Å².